The lowest BCUT2D eigenvalue weighted by molar-refractivity contribution is 0.211. The van der Waals surface area contributed by atoms with Crippen molar-refractivity contribution in [1.82, 2.24) is 15.1 Å². The normalized spacial score (nSPS) is 19.9. The van der Waals surface area contributed by atoms with Gasteiger partial charge in [0.15, 0.2) is 5.82 Å². The van der Waals surface area contributed by atoms with Gasteiger partial charge in [0.05, 0.1) is 17.3 Å². The van der Waals surface area contributed by atoms with Gasteiger partial charge < -0.3 is 14.9 Å². The highest BCUT2D eigenvalue weighted by molar-refractivity contribution is 5.73. The zero-order chi connectivity index (χ0) is 19.7. The van der Waals surface area contributed by atoms with Crippen molar-refractivity contribution in [3.8, 4) is 23.1 Å². The van der Waals surface area contributed by atoms with Crippen LogP contribution in [-0.2, 0) is 6.42 Å². The van der Waals surface area contributed by atoms with Gasteiger partial charge in [0.2, 0.25) is 0 Å². The average Bonchev–Trinajstić information content (AvgIpc) is 2.74. The summed E-state index contributed by atoms with van der Waals surface area (Å²) < 4.78 is 0. The number of hydrogen-bond acceptors (Lipinski definition) is 6. The first-order chi connectivity index (χ1) is 13.6. The van der Waals surface area contributed by atoms with Crippen LogP contribution in [0.15, 0.2) is 18.2 Å². The molecule has 3 heterocycles. The average molecular weight is 377 g/mol. The van der Waals surface area contributed by atoms with Gasteiger partial charge in [0.25, 0.3) is 0 Å². The van der Waals surface area contributed by atoms with E-state index < -0.39 is 0 Å². The summed E-state index contributed by atoms with van der Waals surface area (Å²) in [6.07, 6.45) is 4.53. The van der Waals surface area contributed by atoms with Crippen molar-refractivity contribution >= 4 is 5.82 Å². The van der Waals surface area contributed by atoms with Gasteiger partial charge in [-0.25, -0.2) is 0 Å². The van der Waals surface area contributed by atoms with Gasteiger partial charge in [0, 0.05) is 30.3 Å². The molecule has 1 aromatic heterocycles. The Balaban J connectivity index is 1.70. The number of aromatic nitrogens is 2. The number of fused-ring (bicyclic) bond motifs is 1. The van der Waals surface area contributed by atoms with Crippen LogP contribution in [0.4, 0.5) is 5.82 Å². The quantitative estimate of drug-likeness (QED) is 0.885. The van der Waals surface area contributed by atoms with Crippen LogP contribution in [-0.4, -0.2) is 52.4 Å². The van der Waals surface area contributed by atoms with Gasteiger partial charge in [-0.05, 0) is 69.5 Å². The summed E-state index contributed by atoms with van der Waals surface area (Å²) in [4.78, 5) is 4.98. The number of benzene rings is 1. The molecule has 0 unspecified atom stereocenters. The summed E-state index contributed by atoms with van der Waals surface area (Å²) in [6.45, 7) is 8.71. The molecule has 2 aliphatic rings. The van der Waals surface area contributed by atoms with Gasteiger partial charge in [-0.1, -0.05) is 6.92 Å². The van der Waals surface area contributed by atoms with Crippen LogP contribution >= 0.6 is 0 Å². The molecule has 0 saturated carbocycles. The molecule has 6 heteroatoms. The van der Waals surface area contributed by atoms with E-state index in [1.165, 1.54) is 31.0 Å². The third-order valence-corrected chi connectivity index (χ3v) is 6.17. The number of phenols is 1. The number of rotatable bonds is 3. The van der Waals surface area contributed by atoms with Crippen molar-refractivity contribution in [2.75, 3.05) is 31.1 Å². The molecule has 1 saturated heterocycles. The second kappa shape index (κ2) is 7.76. The SMILES string of the molecule is CCN1CCC[C@@H](N2CCCc3c2nnc(-c2ccc(C#N)cc2O)c3C)C1. The van der Waals surface area contributed by atoms with Gasteiger partial charge in [0.1, 0.15) is 5.75 Å². The molecular formula is C22H27N5O. The smallest absolute Gasteiger partial charge is 0.155 e. The second-order valence-electron chi connectivity index (χ2n) is 7.81. The predicted octanol–water partition coefficient (Wildman–Crippen LogP) is 3.27. The van der Waals surface area contributed by atoms with Crippen LogP contribution in [0.2, 0.25) is 0 Å². The predicted molar refractivity (Wildman–Crippen MR) is 109 cm³/mol. The van der Waals surface area contributed by atoms with E-state index in [2.05, 4.69) is 39.9 Å². The van der Waals surface area contributed by atoms with Gasteiger partial charge in [-0.2, -0.15) is 5.26 Å². The van der Waals surface area contributed by atoms with Crippen LogP contribution in [0.5, 0.6) is 5.75 Å². The number of likely N-dealkylation sites (tertiary alicyclic amines) is 1. The molecule has 0 amide bonds. The Morgan fingerprint density at radius 3 is 2.86 bits per heavy atom. The molecule has 146 valence electrons. The fourth-order valence-corrected chi connectivity index (χ4v) is 4.59. The molecule has 1 N–H and O–H groups in total. The van der Waals surface area contributed by atoms with Crippen molar-refractivity contribution in [3.63, 3.8) is 0 Å². The third kappa shape index (κ3) is 3.31. The standard InChI is InChI=1S/C22H27N5O/c1-3-26-10-4-6-17(14-26)27-11-5-7-18-15(2)21(24-25-22(18)27)19-9-8-16(13-23)12-20(19)28/h8-9,12,17,28H,3-7,10-11,14H2,1-2H3/t17-/m1/s1. The molecule has 0 radical (unpaired) electrons. The van der Waals surface area contributed by atoms with Crippen LogP contribution in [0.3, 0.4) is 0 Å². The highest BCUT2D eigenvalue weighted by Crippen LogP contribution is 2.37. The molecule has 1 atom stereocenters. The van der Waals surface area contributed by atoms with E-state index in [9.17, 15) is 5.11 Å². The van der Waals surface area contributed by atoms with Crippen LogP contribution in [0.1, 0.15) is 42.9 Å². The van der Waals surface area contributed by atoms with E-state index in [4.69, 9.17) is 5.26 Å². The first-order valence-electron chi connectivity index (χ1n) is 10.2. The number of hydrogen-bond donors (Lipinski definition) is 1. The van der Waals surface area contributed by atoms with Crippen molar-refractivity contribution in [1.29, 1.82) is 5.26 Å². The summed E-state index contributed by atoms with van der Waals surface area (Å²) in [5.74, 6) is 1.10. The largest absolute Gasteiger partial charge is 0.507 e. The number of likely N-dealkylation sites (N-methyl/N-ethyl adjacent to an activating group) is 1. The highest BCUT2D eigenvalue weighted by atomic mass is 16.3. The number of aromatic hydroxyl groups is 1. The Morgan fingerprint density at radius 1 is 1.25 bits per heavy atom. The Bertz CT molecular complexity index is 920. The van der Waals surface area contributed by atoms with Gasteiger partial charge in [-0.15, -0.1) is 10.2 Å². The molecule has 2 aliphatic heterocycles. The number of phenolic OH excluding ortho intramolecular Hbond substituents is 1. The van der Waals surface area contributed by atoms with Gasteiger partial charge >= 0.3 is 0 Å². The molecule has 1 aromatic carbocycles. The highest BCUT2D eigenvalue weighted by Gasteiger charge is 2.31. The lowest BCUT2D eigenvalue weighted by Gasteiger charge is -2.42. The van der Waals surface area contributed by atoms with Crippen molar-refractivity contribution in [2.24, 2.45) is 0 Å². The maximum Gasteiger partial charge on any atom is 0.155 e. The molecule has 2 aromatic rings. The van der Waals surface area contributed by atoms with Crippen LogP contribution in [0, 0.1) is 18.3 Å². The molecular weight excluding hydrogens is 350 g/mol. The zero-order valence-electron chi connectivity index (χ0n) is 16.6. The Kier molecular flexibility index (Phi) is 5.19. The van der Waals surface area contributed by atoms with Crippen molar-refractivity contribution < 1.29 is 5.11 Å². The summed E-state index contributed by atoms with van der Waals surface area (Å²) in [5.41, 5.74) is 4.11. The monoisotopic (exact) mass is 377 g/mol. The number of nitriles is 1. The fraction of sp³-hybridized carbons (Fsp3) is 0.500. The molecule has 4 rings (SSSR count). The van der Waals surface area contributed by atoms with E-state index in [1.807, 2.05) is 0 Å². The Morgan fingerprint density at radius 2 is 2.11 bits per heavy atom. The maximum atomic E-state index is 10.4. The molecule has 28 heavy (non-hydrogen) atoms. The Hall–Kier alpha value is -2.65. The fourth-order valence-electron chi connectivity index (χ4n) is 4.59. The first-order valence-corrected chi connectivity index (χ1v) is 10.2. The summed E-state index contributed by atoms with van der Waals surface area (Å²) in [5, 5.41) is 28.6. The zero-order valence-corrected chi connectivity index (χ0v) is 16.6. The number of nitrogens with zero attached hydrogens (tertiary/aromatic N) is 5. The van der Waals surface area contributed by atoms with Gasteiger partial charge in [-0.3, -0.25) is 0 Å². The minimum atomic E-state index is 0.0786. The lowest BCUT2D eigenvalue weighted by Crippen LogP contribution is -2.50. The number of anilines is 1. The molecule has 1 fully saturated rings. The Labute approximate surface area is 166 Å². The van der Waals surface area contributed by atoms with E-state index >= 15 is 0 Å². The lowest BCUT2D eigenvalue weighted by atomic mass is 9.94. The molecule has 0 spiro atoms. The van der Waals surface area contributed by atoms with Crippen LogP contribution < -0.4 is 4.90 Å². The minimum absolute atomic E-state index is 0.0786. The van der Waals surface area contributed by atoms with E-state index in [1.54, 1.807) is 12.1 Å². The molecule has 0 bridgehead atoms. The van der Waals surface area contributed by atoms with E-state index in [0.717, 1.165) is 43.9 Å². The summed E-state index contributed by atoms with van der Waals surface area (Å²) >= 11 is 0. The van der Waals surface area contributed by atoms with Crippen molar-refractivity contribution in [2.45, 2.75) is 45.6 Å². The van der Waals surface area contributed by atoms with E-state index in [-0.39, 0.29) is 5.75 Å². The minimum Gasteiger partial charge on any atom is -0.507 e. The van der Waals surface area contributed by atoms with E-state index in [0.29, 0.717) is 22.9 Å². The summed E-state index contributed by atoms with van der Waals surface area (Å²) in [6, 6.07) is 7.51. The van der Waals surface area contributed by atoms with Crippen molar-refractivity contribution in [3.05, 3.63) is 34.9 Å². The number of piperidine rings is 1. The molecule has 0 aliphatic carbocycles. The maximum absolute atomic E-state index is 10.4. The van der Waals surface area contributed by atoms with Crippen LogP contribution in [0.25, 0.3) is 11.3 Å². The molecule has 6 nitrogen and oxygen atoms in total. The topological polar surface area (TPSA) is 76.3 Å². The second-order valence-corrected chi connectivity index (χ2v) is 7.81. The first kappa shape index (κ1) is 18.7. The summed E-state index contributed by atoms with van der Waals surface area (Å²) in [7, 11) is 0. The third-order valence-electron chi connectivity index (χ3n) is 6.17.